The first-order valence-electron chi connectivity index (χ1n) is 5.72. The molecule has 0 atom stereocenters. The van der Waals surface area contributed by atoms with Crippen LogP contribution in [-0.2, 0) is 7.05 Å². The molecule has 3 aromatic rings. The van der Waals surface area contributed by atoms with E-state index in [1.165, 1.54) is 0 Å². The topological polar surface area (TPSA) is 62.7 Å². The van der Waals surface area contributed by atoms with Crippen LogP contribution in [0.2, 0.25) is 5.02 Å². The number of nitrogens with zero attached hydrogens (tertiary/aromatic N) is 2. The number of nitrogens with one attached hydrogen (secondary N) is 2. The molecule has 19 heavy (non-hydrogen) atoms. The predicted octanol–water partition coefficient (Wildman–Crippen LogP) is 2.81. The molecule has 5 nitrogen and oxygen atoms in total. The van der Waals surface area contributed by atoms with E-state index in [9.17, 15) is 4.79 Å². The second-order valence-corrected chi connectivity index (χ2v) is 4.57. The van der Waals surface area contributed by atoms with Crippen LogP contribution in [0, 0.1) is 0 Å². The molecule has 0 aliphatic carbocycles. The highest BCUT2D eigenvalue weighted by Crippen LogP contribution is 2.27. The predicted molar refractivity (Wildman–Crippen MR) is 74.5 cm³/mol. The lowest BCUT2D eigenvalue weighted by Gasteiger charge is -1.99. The van der Waals surface area contributed by atoms with E-state index >= 15 is 0 Å². The van der Waals surface area contributed by atoms with Gasteiger partial charge in [0.1, 0.15) is 5.69 Å². The normalized spacial score (nSPS) is 10.8. The van der Waals surface area contributed by atoms with Gasteiger partial charge in [0, 0.05) is 30.2 Å². The fraction of sp³-hybridized carbons (Fsp3) is 0.0769. The number of halogens is 1. The Hall–Kier alpha value is -2.27. The largest absolute Gasteiger partial charge is 0.349 e. The lowest BCUT2D eigenvalue weighted by Crippen LogP contribution is -2.13. The molecule has 1 amide bonds. The van der Waals surface area contributed by atoms with Crippen molar-refractivity contribution in [1.29, 1.82) is 0 Å². The molecule has 0 fully saturated rings. The van der Waals surface area contributed by atoms with E-state index in [1.54, 1.807) is 24.0 Å². The Bertz CT molecular complexity index is 759. The number of aryl methyl sites for hydroxylation is 1. The van der Waals surface area contributed by atoms with E-state index in [0.717, 1.165) is 10.9 Å². The molecule has 3 rings (SSSR count). The summed E-state index contributed by atoms with van der Waals surface area (Å²) in [7, 11) is 1.78. The van der Waals surface area contributed by atoms with Gasteiger partial charge < -0.3 is 10.3 Å². The molecule has 0 saturated heterocycles. The van der Waals surface area contributed by atoms with E-state index < -0.39 is 0 Å². The van der Waals surface area contributed by atoms with Crippen LogP contribution in [0.4, 0.5) is 5.82 Å². The average Bonchev–Trinajstić information content (AvgIpc) is 2.94. The van der Waals surface area contributed by atoms with Crippen LogP contribution in [0.1, 0.15) is 10.5 Å². The zero-order valence-electron chi connectivity index (χ0n) is 10.1. The van der Waals surface area contributed by atoms with Crippen molar-refractivity contribution in [2.45, 2.75) is 0 Å². The third kappa shape index (κ3) is 2.08. The highest BCUT2D eigenvalue weighted by molar-refractivity contribution is 6.39. The van der Waals surface area contributed by atoms with Crippen LogP contribution in [-0.4, -0.2) is 20.7 Å². The first kappa shape index (κ1) is 11.8. The number of fused-ring (bicyclic) bond motifs is 1. The summed E-state index contributed by atoms with van der Waals surface area (Å²) in [5, 5.41) is 8.03. The highest BCUT2D eigenvalue weighted by Gasteiger charge is 2.16. The van der Waals surface area contributed by atoms with Gasteiger partial charge in [0.05, 0.1) is 5.02 Å². The van der Waals surface area contributed by atoms with Gasteiger partial charge in [-0.3, -0.25) is 9.48 Å². The van der Waals surface area contributed by atoms with E-state index in [2.05, 4.69) is 15.4 Å². The molecule has 2 N–H and O–H groups in total. The third-order valence-corrected chi connectivity index (χ3v) is 3.22. The standard InChI is InChI=1S/C13H11ClN4O/c1-18-7-6-10(17-18)16-13(19)12-11(14)8-4-2-3-5-9(8)15-12/h2-7,15H,1H3,(H,16,17,19). The number of para-hydroxylation sites is 1. The molecule has 0 radical (unpaired) electrons. The molecular weight excluding hydrogens is 264 g/mol. The van der Waals surface area contributed by atoms with Gasteiger partial charge in [-0.1, -0.05) is 29.8 Å². The van der Waals surface area contributed by atoms with Gasteiger partial charge in [-0.05, 0) is 6.07 Å². The number of carbonyl (C=O) groups is 1. The number of carbonyl (C=O) groups excluding carboxylic acids is 1. The second-order valence-electron chi connectivity index (χ2n) is 4.19. The maximum atomic E-state index is 12.1. The summed E-state index contributed by atoms with van der Waals surface area (Å²) in [6.45, 7) is 0. The molecule has 0 aliphatic heterocycles. The van der Waals surface area contributed by atoms with Crippen molar-refractivity contribution in [3.63, 3.8) is 0 Å². The van der Waals surface area contributed by atoms with Gasteiger partial charge in [-0.2, -0.15) is 5.10 Å². The van der Waals surface area contributed by atoms with Crippen LogP contribution in [0.15, 0.2) is 36.5 Å². The summed E-state index contributed by atoms with van der Waals surface area (Å²) in [6.07, 6.45) is 1.75. The van der Waals surface area contributed by atoms with Crippen molar-refractivity contribution in [3.8, 4) is 0 Å². The highest BCUT2D eigenvalue weighted by atomic mass is 35.5. The Morgan fingerprint density at radius 3 is 2.84 bits per heavy atom. The quantitative estimate of drug-likeness (QED) is 0.755. The summed E-state index contributed by atoms with van der Waals surface area (Å²) in [5.41, 5.74) is 1.17. The van der Waals surface area contributed by atoms with Crippen molar-refractivity contribution in [2.75, 3.05) is 5.32 Å². The molecule has 0 aliphatic rings. The fourth-order valence-corrected chi connectivity index (χ4v) is 2.22. The van der Waals surface area contributed by atoms with Crippen molar-refractivity contribution >= 4 is 34.2 Å². The van der Waals surface area contributed by atoms with Gasteiger partial charge in [-0.15, -0.1) is 0 Å². The van der Waals surface area contributed by atoms with Crippen LogP contribution in [0.25, 0.3) is 10.9 Å². The van der Waals surface area contributed by atoms with E-state index in [-0.39, 0.29) is 5.91 Å². The Kier molecular flexibility index (Phi) is 2.76. The lowest BCUT2D eigenvalue weighted by molar-refractivity contribution is 0.102. The summed E-state index contributed by atoms with van der Waals surface area (Å²) in [4.78, 5) is 15.1. The molecule has 0 unspecified atom stereocenters. The number of hydrogen-bond acceptors (Lipinski definition) is 2. The van der Waals surface area contributed by atoms with Crippen LogP contribution in [0.5, 0.6) is 0 Å². The number of hydrogen-bond donors (Lipinski definition) is 2. The molecule has 0 saturated carbocycles. The minimum atomic E-state index is -0.306. The number of anilines is 1. The first-order valence-corrected chi connectivity index (χ1v) is 6.10. The molecule has 1 aromatic carbocycles. The Balaban J connectivity index is 1.95. The lowest BCUT2D eigenvalue weighted by atomic mass is 10.2. The van der Waals surface area contributed by atoms with Crippen molar-refractivity contribution in [3.05, 3.63) is 47.2 Å². The zero-order chi connectivity index (χ0) is 13.4. The Labute approximate surface area is 114 Å². The molecule has 6 heteroatoms. The third-order valence-electron chi connectivity index (χ3n) is 2.82. The molecule has 0 bridgehead atoms. The van der Waals surface area contributed by atoms with Crippen molar-refractivity contribution < 1.29 is 4.79 Å². The van der Waals surface area contributed by atoms with Crippen LogP contribution < -0.4 is 5.32 Å². The minimum Gasteiger partial charge on any atom is -0.349 e. The number of aromatic nitrogens is 3. The maximum absolute atomic E-state index is 12.1. The average molecular weight is 275 g/mol. The second kappa shape index (κ2) is 4.44. The summed E-state index contributed by atoms with van der Waals surface area (Å²) >= 11 is 6.21. The van der Waals surface area contributed by atoms with Gasteiger partial charge in [0.2, 0.25) is 0 Å². The smallest absolute Gasteiger partial charge is 0.274 e. The van der Waals surface area contributed by atoms with E-state index in [0.29, 0.717) is 16.5 Å². The number of aromatic amines is 1. The number of amides is 1. The summed E-state index contributed by atoms with van der Waals surface area (Å²) in [5.74, 6) is 0.183. The van der Waals surface area contributed by atoms with E-state index in [4.69, 9.17) is 11.6 Å². The Morgan fingerprint density at radius 1 is 1.37 bits per heavy atom. The number of H-pyrrole nitrogens is 1. The fourth-order valence-electron chi connectivity index (χ4n) is 1.92. The maximum Gasteiger partial charge on any atom is 0.274 e. The SMILES string of the molecule is Cn1ccc(NC(=O)c2[nH]c3ccccc3c2Cl)n1. The summed E-state index contributed by atoms with van der Waals surface area (Å²) in [6, 6.07) is 9.22. The molecule has 2 heterocycles. The molecule has 2 aromatic heterocycles. The van der Waals surface area contributed by atoms with Crippen LogP contribution >= 0.6 is 11.6 Å². The molecular formula is C13H11ClN4O. The van der Waals surface area contributed by atoms with E-state index in [1.807, 2.05) is 24.3 Å². The molecule has 96 valence electrons. The van der Waals surface area contributed by atoms with Crippen molar-refractivity contribution in [1.82, 2.24) is 14.8 Å². The van der Waals surface area contributed by atoms with Gasteiger partial charge in [-0.25, -0.2) is 0 Å². The van der Waals surface area contributed by atoms with Gasteiger partial charge >= 0.3 is 0 Å². The first-order chi connectivity index (χ1) is 9.15. The van der Waals surface area contributed by atoms with Gasteiger partial charge in [0.25, 0.3) is 5.91 Å². The number of benzene rings is 1. The number of rotatable bonds is 2. The van der Waals surface area contributed by atoms with Crippen molar-refractivity contribution in [2.24, 2.45) is 7.05 Å². The summed E-state index contributed by atoms with van der Waals surface area (Å²) < 4.78 is 1.61. The monoisotopic (exact) mass is 274 g/mol. The van der Waals surface area contributed by atoms with Crippen LogP contribution in [0.3, 0.4) is 0 Å². The Morgan fingerprint density at radius 2 is 2.16 bits per heavy atom. The molecule has 0 spiro atoms. The van der Waals surface area contributed by atoms with Gasteiger partial charge in [0.15, 0.2) is 5.82 Å². The minimum absolute atomic E-state index is 0.306. The zero-order valence-corrected chi connectivity index (χ0v) is 10.9.